The van der Waals surface area contributed by atoms with E-state index in [0.29, 0.717) is 5.82 Å². The number of nitrogens with zero attached hydrogens (tertiary/aromatic N) is 2. The van der Waals surface area contributed by atoms with Gasteiger partial charge in [-0.15, -0.1) is 0 Å². The van der Waals surface area contributed by atoms with Gasteiger partial charge in [-0.3, -0.25) is 0 Å². The largest absolute Gasteiger partial charge is 0.492 e. The molecule has 0 spiro atoms. The molecule has 15 heavy (non-hydrogen) atoms. The van der Waals surface area contributed by atoms with Gasteiger partial charge in [0.05, 0.1) is 6.20 Å². The van der Waals surface area contributed by atoms with Crippen molar-refractivity contribution in [1.29, 1.82) is 0 Å². The van der Waals surface area contributed by atoms with E-state index in [9.17, 15) is 8.78 Å². The number of imidazole rings is 1. The molecule has 1 N–H and O–H groups in total. The molecule has 0 unspecified atom stereocenters. The number of rotatable bonds is 1. The average molecular weight is 210 g/mol. The van der Waals surface area contributed by atoms with E-state index in [1.54, 1.807) is 7.05 Å². The van der Waals surface area contributed by atoms with Crippen LogP contribution in [-0.4, -0.2) is 14.7 Å². The molecule has 0 aliphatic rings. The van der Waals surface area contributed by atoms with Crippen LogP contribution in [0.25, 0.3) is 11.4 Å². The Balaban J connectivity index is 2.58. The lowest BCUT2D eigenvalue weighted by Crippen LogP contribution is -1.92. The van der Waals surface area contributed by atoms with Gasteiger partial charge in [0.25, 0.3) is 0 Å². The van der Waals surface area contributed by atoms with Crippen LogP contribution in [0.4, 0.5) is 8.78 Å². The zero-order valence-corrected chi connectivity index (χ0v) is 7.91. The third-order valence-corrected chi connectivity index (χ3v) is 1.98. The maximum absolute atomic E-state index is 12.9. The first-order valence-electron chi connectivity index (χ1n) is 4.25. The lowest BCUT2D eigenvalue weighted by molar-refractivity contribution is 0.456. The molecule has 0 saturated carbocycles. The number of aryl methyl sites for hydroxylation is 1. The van der Waals surface area contributed by atoms with E-state index >= 15 is 0 Å². The molecule has 78 valence electrons. The van der Waals surface area contributed by atoms with Crippen molar-refractivity contribution in [2.75, 3.05) is 0 Å². The molecule has 0 saturated heterocycles. The van der Waals surface area contributed by atoms with E-state index in [4.69, 9.17) is 5.11 Å². The summed E-state index contributed by atoms with van der Waals surface area (Å²) in [7, 11) is 1.63. The first kappa shape index (κ1) is 9.64. The van der Waals surface area contributed by atoms with Crippen molar-refractivity contribution in [2.45, 2.75) is 0 Å². The van der Waals surface area contributed by atoms with Crippen LogP contribution in [0.2, 0.25) is 0 Å². The van der Waals surface area contributed by atoms with Gasteiger partial charge in [0.15, 0.2) is 0 Å². The summed E-state index contributed by atoms with van der Waals surface area (Å²) in [4.78, 5) is 3.75. The zero-order valence-electron chi connectivity index (χ0n) is 7.91. The predicted octanol–water partition coefficient (Wildman–Crippen LogP) is 2.07. The molecular weight excluding hydrogens is 202 g/mol. The fourth-order valence-corrected chi connectivity index (χ4v) is 1.40. The maximum Gasteiger partial charge on any atom is 0.229 e. The summed E-state index contributed by atoms with van der Waals surface area (Å²) in [5.74, 6) is -1.22. The molecule has 0 bridgehead atoms. The molecule has 3 nitrogen and oxygen atoms in total. The topological polar surface area (TPSA) is 38.0 Å². The Morgan fingerprint density at radius 2 is 1.80 bits per heavy atom. The first-order chi connectivity index (χ1) is 7.06. The van der Waals surface area contributed by atoms with E-state index in [1.807, 2.05) is 0 Å². The van der Waals surface area contributed by atoms with Gasteiger partial charge in [-0.2, -0.15) is 4.98 Å². The van der Waals surface area contributed by atoms with Gasteiger partial charge in [0.2, 0.25) is 5.88 Å². The molecule has 0 radical (unpaired) electrons. The minimum Gasteiger partial charge on any atom is -0.492 e. The van der Waals surface area contributed by atoms with Crippen LogP contribution in [0, 0.1) is 11.6 Å². The quantitative estimate of drug-likeness (QED) is 0.782. The minimum atomic E-state index is -0.674. The summed E-state index contributed by atoms with van der Waals surface area (Å²) >= 11 is 0. The van der Waals surface area contributed by atoms with Gasteiger partial charge in [-0.05, 0) is 12.1 Å². The van der Waals surface area contributed by atoms with E-state index in [1.165, 1.54) is 10.8 Å². The molecule has 0 amide bonds. The van der Waals surface area contributed by atoms with Crippen LogP contribution in [-0.2, 0) is 7.05 Å². The monoisotopic (exact) mass is 210 g/mol. The first-order valence-corrected chi connectivity index (χ1v) is 4.25. The molecular formula is C10H8F2N2O. The highest BCUT2D eigenvalue weighted by Gasteiger charge is 2.09. The zero-order chi connectivity index (χ0) is 11.0. The van der Waals surface area contributed by atoms with E-state index in [-0.39, 0.29) is 11.4 Å². The van der Waals surface area contributed by atoms with Crippen molar-refractivity contribution in [1.82, 2.24) is 9.55 Å². The highest BCUT2D eigenvalue weighted by molar-refractivity contribution is 5.56. The molecule has 0 fully saturated rings. The maximum atomic E-state index is 12.9. The average Bonchev–Trinajstić information content (AvgIpc) is 2.43. The fourth-order valence-electron chi connectivity index (χ4n) is 1.40. The molecule has 1 aromatic carbocycles. The Kier molecular flexibility index (Phi) is 2.15. The Morgan fingerprint density at radius 1 is 1.20 bits per heavy atom. The van der Waals surface area contributed by atoms with Crippen molar-refractivity contribution in [3.63, 3.8) is 0 Å². The summed E-state index contributed by atoms with van der Waals surface area (Å²) in [6.45, 7) is 0. The molecule has 0 aliphatic carbocycles. The molecule has 2 rings (SSSR count). The van der Waals surface area contributed by atoms with Crippen molar-refractivity contribution < 1.29 is 13.9 Å². The standard InChI is InChI=1S/C10H8F2N2O/c1-14-5-9(15)13-10(14)6-2-7(11)4-8(12)3-6/h2-5,15H,1H3. The normalized spacial score (nSPS) is 10.6. The molecule has 5 heteroatoms. The van der Waals surface area contributed by atoms with Gasteiger partial charge >= 0.3 is 0 Å². The molecule has 1 heterocycles. The highest BCUT2D eigenvalue weighted by Crippen LogP contribution is 2.22. The number of hydrogen-bond acceptors (Lipinski definition) is 2. The van der Waals surface area contributed by atoms with Crippen molar-refractivity contribution in [3.8, 4) is 17.3 Å². The minimum absolute atomic E-state index is 0.183. The Hall–Kier alpha value is -1.91. The SMILES string of the molecule is Cn1cc(O)nc1-c1cc(F)cc(F)c1. The molecule has 0 atom stereocenters. The van der Waals surface area contributed by atoms with Crippen LogP contribution >= 0.6 is 0 Å². The fraction of sp³-hybridized carbons (Fsp3) is 0.100. The van der Waals surface area contributed by atoms with Gasteiger partial charge < -0.3 is 9.67 Å². The van der Waals surface area contributed by atoms with Crippen molar-refractivity contribution in [2.24, 2.45) is 7.05 Å². The second-order valence-corrected chi connectivity index (χ2v) is 3.19. The number of aromatic hydroxyl groups is 1. The number of benzene rings is 1. The number of hydrogen-bond donors (Lipinski definition) is 1. The third-order valence-electron chi connectivity index (χ3n) is 1.98. The van der Waals surface area contributed by atoms with Gasteiger partial charge in [-0.25, -0.2) is 8.78 Å². The summed E-state index contributed by atoms with van der Waals surface area (Å²) in [6, 6.07) is 3.10. The number of aromatic nitrogens is 2. The molecule has 0 aliphatic heterocycles. The number of halogens is 2. The van der Waals surface area contributed by atoms with Crippen molar-refractivity contribution >= 4 is 0 Å². The summed E-state index contributed by atoms with van der Waals surface area (Å²) in [5.41, 5.74) is 0.287. The highest BCUT2D eigenvalue weighted by atomic mass is 19.1. The van der Waals surface area contributed by atoms with E-state index in [0.717, 1.165) is 18.2 Å². The van der Waals surface area contributed by atoms with Crippen LogP contribution < -0.4 is 0 Å². The van der Waals surface area contributed by atoms with Gasteiger partial charge in [0.1, 0.15) is 17.5 Å². The lowest BCUT2D eigenvalue weighted by Gasteiger charge is -2.01. The van der Waals surface area contributed by atoms with Crippen LogP contribution in [0.3, 0.4) is 0 Å². The predicted molar refractivity (Wildman–Crippen MR) is 50.2 cm³/mol. The van der Waals surface area contributed by atoms with Crippen LogP contribution in [0.15, 0.2) is 24.4 Å². The van der Waals surface area contributed by atoms with Crippen LogP contribution in [0.5, 0.6) is 5.88 Å². The van der Waals surface area contributed by atoms with Gasteiger partial charge in [-0.1, -0.05) is 0 Å². The third kappa shape index (κ3) is 1.81. The summed E-state index contributed by atoms with van der Waals surface area (Å²) < 4.78 is 27.3. The van der Waals surface area contributed by atoms with Crippen LogP contribution in [0.1, 0.15) is 0 Å². The van der Waals surface area contributed by atoms with Gasteiger partial charge in [0, 0.05) is 18.7 Å². The Labute approximate surface area is 84.6 Å². The van der Waals surface area contributed by atoms with E-state index < -0.39 is 11.6 Å². The lowest BCUT2D eigenvalue weighted by atomic mass is 10.2. The summed E-state index contributed by atoms with van der Waals surface area (Å²) in [5, 5.41) is 9.11. The summed E-state index contributed by atoms with van der Waals surface area (Å²) in [6.07, 6.45) is 1.36. The van der Waals surface area contributed by atoms with E-state index in [2.05, 4.69) is 4.98 Å². The Morgan fingerprint density at radius 3 is 2.27 bits per heavy atom. The molecule has 2 aromatic rings. The second kappa shape index (κ2) is 3.34. The smallest absolute Gasteiger partial charge is 0.229 e. The Bertz CT molecular complexity index is 488. The second-order valence-electron chi connectivity index (χ2n) is 3.19. The van der Waals surface area contributed by atoms with Crippen molar-refractivity contribution in [3.05, 3.63) is 36.0 Å². The molecule has 1 aromatic heterocycles.